The van der Waals surface area contributed by atoms with Crippen LogP contribution in [0.2, 0.25) is 0 Å². The lowest BCUT2D eigenvalue weighted by Crippen LogP contribution is -2.53. The molecule has 0 atom stereocenters. The average molecular weight is 506 g/mol. The first-order valence-electron chi connectivity index (χ1n) is 11.2. The molecule has 1 fully saturated rings. The standard InChI is InChI=1S/C25H23N5O5S/c31-24(20-15-21(29(32)33)17-22(16-20)30(34)35)26-25(36)28-13-11-27(12-14-28)23(18-7-3-1-4-8-18)19-9-5-2-6-10-19/h1-10,15-17,23H,11-14H2,(H,26,31,36). The van der Waals surface area contributed by atoms with Crippen molar-refractivity contribution in [1.29, 1.82) is 0 Å². The minimum absolute atomic E-state index is 0.0723. The monoisotopic (exact) mass is 505 g/mol. The van der Waals surface area contributed by atoms with Gasteiger partial charge in [-0.1, -0.05) is 60.7 Å². The fourth-order valence-corrected chi connectivity index (χ4v) is 4.53. The van der Waals surface area contributed by atoms with Crippen LogP contribution in [0.15, 0.2) is 78.9 Å². The van der Waals surface area contributed by atoms with Crippen LogP contribution in [0.5, 0.6) is 0 Å². The van der Waals surface area contributed by atoms with Gasteiger partial charge in [0, 0.05) is 38.3 Å². The summed E-state index contributed by atoms with van der Waals surface area (Å²) in [5, 5.41) is 25.0. The summed E-state index contributed by atoms with van der Waals surface area (Å²) in [5.41, 5.74) is 1.08. The Morgan fingerprint density at radius 3 is 1.72 bits per heavy atom. The first kappa shape index (κ1) is 24.9. The van der Waals surface area contributed by atoms with Crippen molar-refractivity contribution in [1.82, 2.24) is 15.1 Å². The largest absolute Gasteiger partial charge is 0.346 e. The van der Waals surface area contributed by atoms with Gasteiger partial charge in [0.05, 0.1) is 27.5 Å². The number of carbonyl (C=O) groups excluding carboxylic acids is 1. The Kier molecular flexibility index (Phi) is 7.62. The molecule has 3 aromatic rings. The van der Waals surface area contributed by atoms with Crippen molar-refractivity contribution in [3.63, 3.8) is 0 Å². The van der Waals surface area contributed by atoms with Gasteiger partial charge in [-0.05, 0) is 23.3 Å². The highest BCUT2D eigenvalue weighted by Crippen LogP contribution is 2.29. The summed E-state index contributed by atoms with van der Waals surface area (Å²) in [6.45, 7) is 2.49. The van der Waals surface area contributed by atoms with Gasteiger partial charge < -0.3 is 4.90 Å². The lowest BCUT2D eigenvalue weighted by molar-refractivity contribution is -0.394. The van der Waals surface area contributed by atoms with Gasteiger partial charge in [-0.3, -0.25) is 35.2 Å². The van der Waals surface area contributed by atoms with E-state index in [1.807, 2.05) is 41.3 Å². The molecule has 0 unspecified atom stereocenters. The maximum Gasteiger partial charge on any atom is 0.277 e. The summed E-state index contributed by atoms with van der Waals surface area (Å²) in [5.74, 6) is -0.735. The van der Waals surface area contributed by atoms with Gasteiger partial charge in [0.25, 0.3) is 17.3 Å². The number of benzene rings is 3. The molecule has 0 aromatic heterocycles. The molecule has 1 saturated heterocycles. The highest BCUT2D eigenvalue weighted by atomic mass is 32.1. The molecule has 10 nitrogen and oxygen atoms in total. The molecule has 1 amide bonds. The number of hydrogen-bond donors (Lipinski definition) is 1. The van der Waals surface area contributed by atoms with Crippen molar-refractivity contribution in [2.24, 2.45) is 0 Å². The van der Waals surface area contributed by atoms with Crippen LogP contribution in [0.4, 0.5) is 11.4 Å². The second kappa shape index (κ2) is 11.0. The SMILES string of the molecule is O=C(NC(=S)N1CCN(C(c2ccccc2)c2ccccc2)CC1)c1cc([N+](=O)[O-])cc([N+](=O)[O-])c1. The smallest absolute Gasteiger partial charge is 0.277 e. The fraction of sp³-hybridized carbons (Fsp3) is 0.200. The van der Waals surface area contributed by atoms with Crippen LogP contribution in [-0.4, -0.2) is 56.8 Å². The third kappa shape index (κ3) is 5.70. The van der Waals surface area contributed by atoms with E-state index in [4.69, 9.17) is 12.2 Å². The van der Waals surface area contributed by atoms with Crippen molar-refractivity contribution >= 4 is 34.6 Å². The van der Waals surface area contributed by atoms with Crippen LogP contribution >= 0.6 is 12.2 Å². The third-order valence-corrected chi connectivity index (χ3v) is 6.36. The molecule has 0 radical (unpaired) electrons. The molecule has 184 valence electrons. The predicted molar refractivity (Wildman–Crippen MR) is 138 cm³/mol. The molecule has 0 spiro atoms. The van der Waals surface area contributed by atoms with E-state index in [9.17, 15) is 25.0 Å². The summed E-state index contributed by atoms with van der Waals surface area (Å²) >= 11 is 5.42. The lowest BCUT2D eigenvalue weighted by Gasteiger charge is -2.40. The molecular formula is C25H23N5O5S. The number of nitro groups is 2. The minimum atomic E-state index is -0.781. The Bertz CT molecular complexity index is 1210. The van der Waals surface area contributed by atoms with E-state index in [1.165, 1.54) is 11.1 Å². The summed E-state index contributed by atoms with van der Waals surface area (Å²) in [6, 6.07) is 23.3. The Morgan fingerprint density at radius 2 is 1.28 bits per heavy atom. The number of non-ortho nitro benzene ring substituents is 2. The average Bonchev–Trinajstić information content (AvgIpc) is 2.90. The molecule has 1 heterocycles. The van der Waals surface area contributed by atoms with Gasteiger partial charge in [0.15, 0.2) is 5.11 Å². The molecule has 36 heavy (non-hydrogen) atoms. The van der Waals surface area contributed by atoms with E-state index in [0.717, 1.165) is 18.2 Å². The molecule has 3 aromatic carbocycles. The number of nitrogens with one attached hydrogen (secondary N) is 1. The van der Waals surface area contributed by atoms with Crippen molar-refractivity contribution in [2.45, 2.75) is 6.04 Å². The minimum Gasteiger partial charge on any atom is -0.346 e. The van der Waals surface area contributed by atoms with E-state index in [2.05, 4.69) is 34.5 Å². The van der Waals surface area contributed by atoms with Crippen molar-refractivity contribution in [3.05, 3.63) is 116 Å². The van der Waals surface area contributed by atoms with Gasteiger partial charge in [-0.15, -0.1) is 0 Å². The Balaban J connectivity index is 1.44. The quantitative estimate of drug-likeness (QED) is 0.304. The zero-order valence-corrected chi connectivity index (χ0v) is 20.0. The number of piperazine rings is 1. The maximum atomic E-state index is 12.7. The van der Waals surface area contributed by atoms with E-state index in [-0.39, 0.29) is 16.7 Å². The van der Waals surface area contributed by atoms with E-state index in [0.29, 0.717) is 26.2 Å². The molecule has 11 heteroatoms. The fourth-order valence-electron chi connectivity index (χ4n) is 4.25. The van der Waals surface area contributed by atoms with Crippen LogP contribution in [-0.2, 0) is 0 Å². The predicted octanol–water partition coefficient (Wildman–Crippen LogP) is 3.92. The van der Waals surface area contributed by atoms with Gasteiger partial charge in [-0.25, -0.2) is 0 Å². The highest BCUT2D eigenvalue weighted by Gasteiger charge is 2.28. The second-order valence-electron chi connectivity index (χ2n) is 8.26. The summed E-state index contributed by atoms with van der Waals surface area (Å²) < 4.78 is 0. The number of rotatable bonds is 6. The van der Waals surface area contributed by atoms with Crippen molar-refractivity contribution < 1.29 is 14.6 Å². The van der Waals surface area contributed by atoms with Crippen molar-refractivity contribution in [2.75, 3.05) is 26.2 Å². The number of hydrogen-bond acceptors (Lipinski definition) is 7. The van der Waals surface area contributed by atoms with Crippen LogP contribution in [0.25, 0.3) is 0 Å². The van der Waals surface area contributed by atoms with E-state index < -0.39 is 27.1 Å². The molecule has 0 saturated carbocycles. The van der Waals surface area contributed by atoms with Crippen molar-refractivity contribution in [3.8, 4) is 0 Å². The first-order chi connectivity index (χ1) is 17.3. The zero-order valence-electron chi connectivity index (χ0n) is 19.1. The highest BCUT2D eigenvalue weighted by molar-refractivity contribution is 7.80. The molecule has 0 bridgehead atoms. The first-order valence-corrected chi connectivity index (χ1v) is 11.6. The van der Waals surface area contributed by atoms with Crippen LogP contribution in [0.1, 0.15) is 27.5 Å². The normalized spacial score (nSPS) is 13.9. The van der Waals surface area contributed by atoms with Gasteiger partial charge in [0.1, 0.15) is 0 Å². The van der Waals surface area contributed by atoms with Crippen LogP contribution < -0.4 is 5.32 Å². The molecular weight excluding hydrogens is 482 g/mol. The zero-order chi connectivity index (χ0) is 25.7. The third-order valence-electron chi connectivity index (χ3n) is 6.00. The molecule has 4 rings (SSSR count). The number of amides is 1. The molecule has 0 aliphatic carbocycles. The maximum absolute atomic E-state index is 12.7. The lowest BCUT2D eigenvalue weighted by atomic mass is 9.96. The summed E-state index contributed by atoms with van der Waals surface area (Å²) in [7, 11) is 0. The Hall–Kier alpha value is -4.22. The summed E-state index contributed by atoms with van der Waals surface area (Å²) in [4.78, 5) is 37.6. The number of carbonyl (C=O) groups is 1. The molecule has 1 aliphatic rings. The molecule has 1 N–H and O–H groups in total. The number of nitro benzene ring substituents is 2. The Morgan fingerprint density at radius 1 is 0.806 bits per heavy atom. The second-order valence-corrected chi connectivity index (χ2v) is 8.65. The number of thiocarbonyl (C=S) groups is 1. The molecule has 1 aliphatic heterocycles. The van der Waals surface area contributed by atoms with E-state index >= 15 is 0 Å². The Labute approximate surface area is 212 Å². The van der Waals surface area contributed by atoms with Gasteiger partial charge in [-0.2, -0.15) is 0 Å². The number of nitrogens with zero attached hydrogens (tertiary/aromatic N) is 4. The van der Waals surface area contributed by atoms with Crippen LogP contribution in [0.3, 0.4) is 0 Å². The van der Waals surface area contributed by atoms with Crippen LogP contribution in [0, 0.1) is 20.2 Å². The topological polar surface area (TPSA) is 122 Å². The van der Waals surface area contributed by atoms with Gasteiger partial charge >= 0.3 is 0 Å². The van der Waals surface area contributed by atoms with E-state index in [1.54, 1.807) is 0 Å². The summed E-state index contributed by atoms with van der Waals surface area (Å²) in [6.07, 6.45) is 0. The van der Waals surface area contributed by atoms with Gasteiger partial charge in [0.2, 0.25) is 0 Å².